The van der Waals surface area contributed by atoms with Crippen molar-refractivity contribution < 1.29 is 4.39 Å². The van der Waals surface area contributed by atoms with Crippen LogP contribution in [0.25, 0.3) is 0 Å². The van der Waals surface area contributed by atoms with E-state index in [-0.39, 0.29) is 6.67 Å². The third-order valence-electron chi connectivity index (χ3n) is 4.55. The molecule has 0 rings (SSSR count). The molecule has 0 aromatic rings. The van der Waals surface area contributed by atoms with E-state index in [0.29, 0.717) is 0 Å². The first-order valence-corrected chi connectivity index (χ1v) is 10.0. The summed E-state index contributed by atoms with van der Waals surface area (Å²) in [5, 5.41) is 0. The maximum atomic E-state index is 11.9. The monoisotopic (exact) mass is 312 g/mol. The maximum Gasteiger partial charge on any atom is 0.0894 e. The molecule has 0 spiro atoms. The second kappa shape index (κ2) is 18.7. The quantitative estimate of drug-likeness (QED) is 0.177. The Morgan fingerprint density at radius 1 is 0.591 bits per heavy atom. The molecule has 0 bridgehead atoms. The number of unbranched alkanes of at least 4 members (excludes halogenated alkanes) is 13. The Morgan fingerprint density at radius 2 is 0.955 bits per heavy atom. The third kappa shape index (κ3) is 17.7. The lowest BCUT2D eigenvalue weighted by molar-refractivity contribution is 0.452. The van der Waals surface area contributed by atoms with Crippen LogP contribution in [0.2, 0.25) is 0 Å². The molecule has 0 radical (unpaired) electrons. The van der Waals surface area contributed by atoms with Gasteiger partial charge >= 0.3 is 0 Å². The van der Waals surface area contributed by atoms with E-state index < -0.39 is 0 Å². The Hall–Kier alpha value is -0.330. The lowest BCUT2D eigenvalue weighted by Crippen LogP contribution is -1.86. The van der Waals surface area contributed by atoms with Crippen LogP contribution in [-0.2, 0) is 0 Å². The van der Waals surface area contributed by atoms with Crippen molar-refractivity contribution in [2.75, 3.05) is 6.67 Å². The van der Waals surface area contributed by atoms with Crippen LogP contribution < -0.4 is 0 Å². The van der Waals surface area contributed by atoms with Gasteiger partial charge in [-0.3, -0.25) is 4.39 Å². The van der Waals surface area contributed by atoms with E-state index in [1.54, 1.807) is 0 Å². The molecule has 0 saturated carbocycles. The average Bonchev–Trinajstić information content (AvgIpc) is 2.52. The normalized spacial score (nSPS) is 11.0. The second-order valence-electron chi connectivity index (χ2n) is 6.89. The smallest absolute Gasteiger partial charge is 0.0894 e. The van der Waals surface area contributed by atoms with Crippen molar-refractivity contribution in [1.82, 2.24) is 0 Å². The molecule has 0 aliphatic heterocycles. The minimum Gasteiger partial charge on any atom is -0.251 e. The van der Waals surface area contributed by atoms with Crippen LogP contribution in [0.4, 0.5) is 4.39 Å². The largest absolute Gasteiger partial charge is 0.251 e. The van der Waals surface area contributed by atoms with Gasteiger partial charge in [0, 0.05) is 0 Å². The van der Waals surface area contributed by atoms with Crippen LogP contribution in [0.1, 0.15) is 116 Å². The van der Waals surface area contributed by atoms with Crippen LogP contribution in [0, 0.1) is 0 Å². The summed E-state index contributed by atoms with van der Waals surface area (Å²) in [4.78, 5) is 0. The van der Waals surface area contributed by atoms with E-state index in [4.69, 9.17) is 0 Å². The Morgan fingerprint density at radius 3 is 1.36 bits per heavy atom. The molecule has 0 aromatic carbocycles. The zero-order valence-electron chi connectivity index (χ0n) is 15.3. The molecular formula is C21H41F. The minimum absolute atomic E-state index is 0.153. The van der Waals surface area contributed by atoms with Gasteiger partial charge in [0.15, 0.2) is 0 Å². The highest BCUT2D eigenvalue weighted by molar-refractivity contribution is 4.93. The topological polar surface area (TPSA) is 0 Å². The second-order valence-corrected chi connectivity index (χ2v) is 6.89. The molecule has 0 aliphatic carbocycles. The molecule has 0 unspecified atom stereocenters. The molecule has 22 heavy (non-hydrogen) atoms. The first-order chi connectivity index (χ1) is 10.8. The van der Waals surface area contributed by atoms with Gasteiger partial charge in [-0.2, -0.15) is 0 Å². The van der Waals surface area contributed by atoms with E-state index in [1.165, 1.54) is 95.5 Å². The number of hydrogen-bond acceptors (Lipinski definition) is 0. The lowest BCUT2D eigenvalue weighted by atomic mass is 10.0. The average molecular weight is 313 g/mol. The van der Waals surface area contributed by atoms with Gasteiger partial charge in [0.1, 0.15) is 0 Å². The Kier molecular flexibility index (Phi) is 18.4. The van der Waals surface area contributed by atoms with Crippen molar-refractivity contribution in [3.8, 4) is 0 Å². The third-order valence-corrected chi connectivity index (χ3v) is 4.55. The first-order valence-electron chi connectivity index (χ1n) is 10.0. The molecular weight excluding hydrogens is 271 g/mol. The van der Waals surface area contributed by atoms with Crippen molar-refractivity contribution >= 4 is 0 Å². The zero-order chi connectivity index (χ0) is 16.3. The summed E-state index contributed by atoms with van der Waals surface area (Å²) in [5.74, 6) is 0. The summed E-state index contributed by atoms with van der Waals surface area (Å²) in [6, 6.07) is 0. The van der Waals surface area contributed by atoms with Crippen molar-refractivity contribution in [2.24, 2.45) is 0 Å². The Bertz CT molecular complexity index is 222. The fourth-order valence-electron chi connectivity index (χ4n) is 2.99. The molecule has 0 aromatic heterocycles. The Labute approximate surface area is 140 Å². The highest BCUT2D eigenvalue weighted by Crippen LogP contribution is 2.17. The van der Waals surface area contributed by atoms with E-state index in [2.05, 4.69) is 13.5 Å². The van der Waals surface area contributed by atoms with Crippen molar-refractivity contribution in [1.29, 1.82) is 0 Å². The Balaban J connectivity index is 3.10. The van der Waals surface area contributed by atoms with E-state index >= 15 is 0 Å². The van der Waals surface area contributed by atoms with Gasteiger partial charge in [-0.05, 0) is 32.1 Å². The minimum atomic E-state index is -0.153. The summed E-state index contributed by atoms with van der Waals surface area (Å²) >= 11 is 0. The fraction of sp³-hybridized carbons (Fsp3) is 0.905. The number of hydrogen-bond donors (Lipinski definition) is 0. The first kappa shape index (κ1) is 21.7. The predicted octanol–water partition coefficient (Wildman–Crippen LogP) is 8.16. The SMILES string of the molecule is C=C(CCCCCCF)CCCCCCCCCCCCC. The predicted molar refractivity (Wildman–Crippen MR) is 99.3 cm³/mol. The van der Waals surface area contributed by atoms with Gasteiger partial charge in [-0.25, -0.2) is 0 Å². The molecule has 0 fully saturated rings. The summed E-state index contributed by atoms with van der Waals surface area (Å²) in [6.45, 7) is 6.31. The fourth-order valence-corrected chi connectivity index (χ4v) is 2.99. The molecule has 132 valence electrons. The van der Waals surface area contributed by atoms with Crippen LogP contribution >= 0.6 is 0 Å². The molecule has 1 heteroatoms. The van der Waals surface area contributed by atoms with Gasteiger partial charge in [0.05, 0.1) is 6.67 Å². The van der Waals surface area contributed by atoms with E-state index in [9.17, 15) is 4.39 Å². The zero-order valence-corrected chi connectivity index (χ0v) is 15.3. The van der Waals surface area contributed by atoms with Crippen LogP contribution in [0.15, 0.2) is 12.2 Å². The maximum absolute atomic E-state index is 11.9. The van der Waals surface area contributed by atoms with Gasteiger partial charge in [0.2, 0.25) is 0 Å². The van der Waals surface area contributed by atoms with Gasteiger partial charge < -0.3 is 0 Å². The van der Waals surface area contributed by atoms with Gasteiger partial charge in [-0.15, -0.1) is 0 Å². The summed E-state index contributed by atoms with van der Waals surface area (Å²) in [6.07, 6.45) is 22.0. The van der Waals surface area contributed by atoms with Crippen molar-refractivity contribution in [3.63, 3.8) is 0 Å². The molecule has 0 aliphatic rings. The number of alkyl halides is 1. The van der Waals surface area contributed by atoms with Crippen LogP contribution in [-0.4, -0.2) is 6.67 Å². The molecule has 0 nitrogen and oxygen atoms in total. The van der Waals surface area contributed by atoms with Gasteiger partial charge in [-0.1, -0.05) is 96.1 Å². The summed E-state index contributed by atoms with van der Waals surface area (Å²) in [7, 11) is 0. The number of rotatable bonds is 18. The standard InChI is InChI=1S/C21H41F/c1-3-4-5-6-7-8-9-10-11-12-15-18-21(2)19-16-13-14-17-20-22/h2-20H2,1H3. The number of halogens is 1. The number of allylic oxidation sites excluding steroid dienone is 1. The van der Waals surface area contributed by atoms with E-state index in [1.807, 2.05) is 0 Å². The van der Waals surface area contributed by atoms with Gasteiger partial charge in [0.25, 0.3) is 0 Å². The highest BCUT2D eigenvalue weighted by atomic mass is 19.1. The van der Waals surface area contributed by atoms with Crippen molar-refractivity contribution in [3.05, 3.63) is 12.2 Å². The van der Waals surface area contributed by atoms with Crippen LogP contribution in [0.3, 0.4) is 0 Å². The molecule has 0 amide bonds. The summed E-state index contributed by atoms with van der Waals surface area (Å²) < 4.78 is 11.9. The highest BCUT2D eigenvalue weighted by Gasteiger charge is 1.97. The lowest BCUT2D eigenvalue weighted by Gasteiger charge is -2.06. The summed E-state index contributed by atoms with van der Waals surface area (Å²) in [5.41, 5.74) is 1.41. The van der Waals surface area contributed by atoms with Crippen molar-refractivity contribution in [2.45, 2.75) is 116 Å². The van der Waals surface area contributed by atoms with E-state index in [0.717, 1.165) is 19.3 Å². The molecule has 0 heterocycles. The van der Waals surface area contributed by atoms with Crippen LogP contribution in [0.5, 0.6) is 0 Å². The molecule has 0 saturated heterocycles. The molecule has 0 N–H and O–H groups in total. The molecule has 0 atom stereocenters.